The zero-order valence-electron chi connectivity index (χ0n) is 11.1. The van der Waals surface area contributed by atoms with Crippen LogP contribution in [0.15, 0.2) is 18.2 Å². The van der Waals surface area contributed by atoms with Crippen molar-refractivity contribution in [2.45, 2.75) is 52.4 Å². The Kier molecular flexibility index (Phi) is 3.92. The van der Waals surface area contributed by atoms with Gasteiger partial charge < -0.3 is 0 Å². The molecule has 0 aliphatic carbocycles. The number of benzene rings is 1. The van der Waals surface area contributed by atoms with Gasteiger partial charge in [-0.15, -0.1) is 0 Å². The van der Waals surface area contributed by atoms with Gasteiger partial charge in [0.05, 0.1) is 0 Å². The van der Waals surface area contributed by atoms with E-state index in [1.54, 1.807) is 20.8 Å². The molecule has 0 radical (unpaired) electrons. The summed E-state index contributed by atoms with van der Waals surface area (Å²) in [5.74, 6) is 1.04. The summed E-state index contributed by atoms with van der Waals surface area (Å²) in [5, 5.41) is 0. The van der Waals surface area contributed by atoms with E-state index in [0.717, 1.165) is 5.75 Å². The van der Waals surface area contributed by atoms with Gasteiger partial charge in [-0.05, 0) is 0 Å². The van der Waals surface area contributed by atoms with E-state index in [1.165, 1.54) is 11.1 Å². The van der Waals surface area contributed by atoms with Crippen LogP contribution in [-0.4, -0.2) is 0 Å². The SMILES string of the molecule is CC(C)(C)c1cccc(C(C)(C)C)c1[O][Ti]. The monoisotopic (exact) mass is 253 g/mol. The van der Waals surface area contributed by atoms with Crippen molar-refractivity contribution in [1.82, 2.24) is 0 Å². The summed E-state index contributed by atoms with van der Waals surface area (Å²) in [6.45, 7) is 13.3. The summed E-state index contributed by atoms with van der Waals surface area (Å²) < 4.78 is 5.63. The summed E-state index contributed by atoms with van der Waals surface area (Å²) in [7, 11) is 0. The standard InChI is InChI=1S/C14H22O.Ti/c1-13(2,3)10-8-7-9-11(12(10)15)14(4,5)6;/h7-9,15H,1-6H3;/q;+1/p-1. The molecule has 0 atom stereocenters. The third-order valence-electron chi connectivity index (χ3n) is 2.73. The molecule has 0 saturated heterocycles. The first-order valence-corrected chi connectivity index (χ1v) is 6.29. The third kappa shape index (κ3) is 2.90. The predicted octanol–water partition coefficient (Wildman–Crippen LogP) is 4.12. The first kappa shape index (κ1) is 13.8. The molecule has 1 aromatic carbocycles. The summed E-state index contributed by atoms with van der Waals surface area (Å²) >= 11 is 1.76. The minimum atomic E-state index is 0.118. The van der Waals surface area contributed by atoms with Crippen LogP contribution >= 0.6 is 0 Å². The van der Waals surface area contributed by atoms with Crippen molar-refractivity contribution in [1.29, 1.82) is 0 Å². The van der Waals surface area contributed by atoms with Crippen LogP contribution in [0.1, 0.15) is 52.7 Å². The molecular weight excluding hydrogens is 232 g/mol. The van der Waals surface area contributed by atoms with Crippen LogP contribution in [0.5, 0.6) is 5.75 Å². The van der Waals surface area contributed by atoms with Crippen LogP contribution in [0, 0.1) is 0 Å². The maximum atomic E-state index is 5.63. The van der Waals surface area contributed by atoms with Crippen molar-refractivity contribution in [3.05, 3.63) is 29.3 Å². The summed E-state index contributed by atoms with van der Waals surface area (Å²) in [5.41, 5.74) is 2.80. The van der Waals surface area contributed by atoms with E-state index in [2.05, 4.69) is 59.7 Å². The van der Waals surface area contributed by atoms with Gasteiger partial charge in [0.2, 0.25) is 0 Å². The van der Waals surface area contributed by atoms with Gasteiger partial charge in [-0.1, -0.05) is 0 Å². The fourth-order valence-corrected chi connectivity index (χ4v) is 2.17. The fourth-order valence-electron chi connectivity index (χ4n) is 1.83. The second-order valence-corrected chi connectivity index (χ2v) is 6.60. The van der Waals surface area contributed by atoms with Gasteiger partial charge in [0.25, 0.3) is 0 Å². The molecule has 0 heterocycles. The zero-order valence-corrected chi connectivity index (χ0v) is 12.7. The number of hydrogen-bond donors (Lipinski definition) is 0. The fraction of sp³-hybridized carbons (Fsp3) is 0.571. The Bertz CT molecular complexity index is 337. The molecule has 0 saturated carbocycles. The van der Waals surface area contributed by atoms with Crippen LogP contribution < -0.4 is 3.32 Å². The van der Waals surface area contributed by atoms with E-state index in [1.807, 2.05) is 0 Å². The molecule has 1 rings (SSSR count). The molecule has 0 bridgehead atoms. The van der Waals surface area contributed by atoms with Crippen LogP contribution in [0.2, 0.25) is 0 Å². The molecule has 0 aliphatic rings. The van der Waals surface area contributed by atoms with Gasteiger partial charge >= 0.3 is 112 Å². The molecule has 1 aromatic rings. The normalized spacial score (nSPS) is 12.6. The van der Waals surface area contributed by atoms with E-state index < -0.39 is 0 Å². The predicted molar refractivity (Wildman–Crippen MR) is 64.5 cm³/mol. The van der Waals surface area contributed by atoms with Crippen molar-refractivity contribution in [2.24, 2.45) is 0 Å². The summed E-state index contributed by atoms with van der Waals surface area (Å²) in [4.78, 5) is 0. The van der Waals surface area contributed by atoms with Gasteiger partial charge in [-0.25, -0.2) is 0 Å². The van der Waals surface area contributed by atoms with Crippen molar-refractivity contribution < 1.29 is 24.1 Å². The molecule has 0 unspecified atom stereocenters. The van der Waals surface area contributed by atoms with Gasteiger partial charge in [-0.3, -0.25) is 0 Å². The quantitative estimate of drug-likeness (QED) is 0.684. The second kappa shape index (κ2) is 4.54. The Labute approximate surface area is 111 Å². The second-order valence-electron chi connectivity index (χ2n) is 6.28. The molecule has 1 nitrogen and oxygen atoms in total. The third-order valence-corrected chi connectivity index (χ3v) is 3.05. The Hall–Kier alpha value is -0.266. The Morgan fingerprint density at radius 3 is 1.50 bits per heavy atom. The van der Waals surface area contributed by atoms with E-state index in [-0.39, 0.29) is 10.8 Å². The zero-order chi connectivity index (χ0) is 12.6. The van der Waals surface area contributed by atoms with Crippen LogP contribution in [0.4, 0.5) is 0 Å². The molecule has 16 heavy (non-hydrogen) atoms. The molecule has 0 fully saturated rings. The number of hydrogen-bond acceptors (Lipinski definition) is 1. The van der Waals surface area contributed by atoms with Crippen LogP contribution in [0.3, 0.4) is 0 Å². The van der Waals surface area contributed by atoms with Crippen molar-refractivity contribution in [3.8, 4) is 5.75 Å². The summed E-state index contributed by atoms with van der Waals surface area (Å²) in [6, 6.07) is 6.45. The van der Waals surface area contributed by atoms with Gasteiger partial charge in [0.15, 0.2) is 0 Å². The van der Waals surface area contributed by atoms with Crippen LogP contribution in [-0.2, 0) is 31.7 Å². The average Bonchev–Trinajstić information content (AvgIpc) is 2.13. The molecule has 87 valence electrons. The molecule has 0 N–H and O–H groups in total. The Balaban J connectivity index is 3.45. The van der Waals surface area contributed by atoms with Gasteiger partial charge in [-0.2, -0.15) is 0 Å². The van der Waals surface area contributed by atoms with E-state index in [0.29, 0.717) is 0 Å². The first-order chi connectivity index (χ1) is 7.18. The number of para-hydroxylation sites is 1. The molecule has 0 aromatic heterocycles. The maximum absolute atomic E-state index is 5.63. The average molecular weight is 253 g/mol. The topological polar surface area (TPSA) is 9.23 Å². The van der Waals surface area contributed by atoms with Crippen LogP contribution in [0.25, 0.3) is 0 Å². The molecule has 0 aliphatic heterocycles. The van der Waals surface area contributed by atoms with Crippen molar-refractivity contribution in [2.75, 3.05) is 0 Å². The Morgan fingerprint density at radius 1 is 0.875 bits per heavy atom. The Morgan fingerprint density at radius 2 is 1.25 bits per heavy atom. The van der Waals surface area contributed by atoms with E-state index >= 15 is 0 Å². The first-order valence-electron chi connectivity index (χ1n) is 5.65. The van der Waals surface area contributed by atoms with E-state index in [4.69, 9.17) is 3.32 Å². The molecule has 0 amide bonds. The number of rotatable bonds is 1. The van der Waals surface area contributed by atoms with E-state index in [9.17, 15) is 0 Å². The molecule has 0 spiro atoms. The minimum absolute atomic E-state index is 0.118. The van der Waals surface area contributed by atoms with Crippen molar-refractivity contribution in [3.63, 3.8) is 0 Å². The molecule has 2 heteroatoms. The van der Waals surface area contributed by atoms with Crippen molar-refractivity contribution >= 4 is 0 Å². The summed E-state index contributed by atoms with van der Waals surface area (Å²) in [6.07, 6.45) is 0. The molecular formula is C14H21OTi. The van der Waals surface area contributed by atoms with Gasteiger partial charge in [0, 0.05) is 0 Å². The van der Waals surface area contributed by atoms with Gasteiger partial charge in [0.1, 0.15) is 0 Å².